The van der Waals surface area contributed by atoms with Crippen molar-refractivity contribution in [3.05, 3.63) is 70.7 Å². The van der Waals surface area contributed by atoms with Gasteiger partial charge in [-0.15, -0.1) is 0 Å². The summed E-state index contributed by atoms with van der Waals surface area (Å²) in [7, 11) is 1.43. The number of hydrazine groups is 1. The van der Waals surface area contributed by atoms with Gasteiger partial charge in [0.05, 0.1) is 18.9 Å². The normalized spacial score (nSPS) is 10.4. The molecular weight excluding hydrogens is 394 g/mol. The maximum Gasteiger partial charge on any atom is 0.273 e. The van der Waals surface area contributed by atoms with Crippen molar-refractivity contribution < 1.29 is 18.7 Å². The van der Waals surface area contributed by atoms with E-state index in [0.29, 0.717) is 28.8 Å². The van der Waals surface area contributed by atoms with Gasteiger partial charge in [-0.25, -0.2) is 4.98 Å². The molecule has 0 aliphatic heterocycles. The quantitative estimate of drug-likeness (QED) is 0.601. The van der Waals surface area contributed by atoms with E-state index in [1.165, 1.54) is 19.2 Å². The molecule has 3 aromatic rings. The fourth-order valence-electron chi connectivity index (χ4n) is 2.61. The second-order valence-corrected chi connectivity index (χ2v) is 6.77. The molecule has 0 aliphatic carbocycles. The maximum absolute atomic E-state index is 12.2. The van der Waals surface area contributed by atoms with Crippen LogP contribution in [-0.4, -0.2) is 23.9 Å². The first-order valence-corrected chi connectivity index (χ1v) is 9.28. The van der Waals surface area contributed by atoms with Crippen LogP contribution in [0.15, 0.2) is 53.1 Å². The number of methoxy groups -OCH3 is 1. The van der Waals surface area contributed by atoms with Gasteiger partial charge < -0.3 is 9.15 Å². The van der Waals surface area contributed by atoms with Gasteiger partial charge in [-0.3, -0.25) is 20.4 Å². The standard InChI is InChI=1S/C21H20ClN3O4/c1-13-3-5-14(6-4-13)18-12-23-20(29-18)10-9-19(26)24-25-21(27)16-8-7-15(22)11-17(16)28-2/h3-8,11-12H,9-10H2,1-2H3,(H,24,26)(H,25,27). The van der Waals surface area contributed by atoms with E-state index in [4.69, 9.17) is 20.8 Å². The molecule has 0 unspecified atom stereocenters. The number of ether oxygens (including phenoxy) is 1. The summed E-state index contributed by atoms with van der Waals surface area (Å²) >= 11 is 5.88. The van der Waals surface area contributed by atoms with Crippen LogP contribution in [0.25, 0.3) is 11.3 Å². The molecule has 1 heterocycles. The number of hydrogen-bond acceptors (Lipinski definition) is 5. The Labute approximate surface area is 173 Å². The summed E-state index contributed by atoms with van der Waals surface area (Å²) in [5, 5.41) is 0.443. The Kier molecular flexibility index (Phi) is 6.51. The topological polar surface area (TPSA) is 93.5 Å². The molecule has 0 radical (unpaired) electrons. The summed E-state index contributed by atoms with van der Waals surface area (Å²) in [6.07, 6.45) is 2.04. The Balaban J connectivity index is 1.50. The lowest BCUT2D eigenvalue weighted by molar-refractivity contribution is -0.121. The molecule has 0 spiro atoms. The second kappa shape index (κ2) is 9.25. The molecule has 2 amide bonds. The van der Waals surface area contributed by atoms with Gasteiger partial charge in [0.25, 0.3) is 5.91 Å². The number of nitrogens with zero attached hydrogens (tertiary/aromatic N) is 1. The SMILES string of the molecule is COc1cc(Cl)ccc1C(=O)NNC(=O)CCc1ncc(-c2ccc(C)cc2)o1. The zero-order valence-corrected chi connectivity index (χ0v) is 16.7. The van der Waals surface area contributed by atoms with Gasteiger partial charge in [0.1, 0.15) is 5.75 Å². The van der Waals surface area contributed by atoms with Crippen LogP contribution in [-0.2, 0) is 11.2 Å². The van der Waals surface area contributed by atoms with Crippen molar-refractivity contribution in [3.63, 3.8) is 0 Å². The van der Waals surface area contributed by atoms with Crippen molar-refractivity contribution in [1.82, 2.24) is 15.8 Å². The first kappa shape index (κ1) is 20.4. The van der Waals surface area contributed by atoms with Crippen LogP contribution in [0.4, 0.5) is 0 Å². The highest BCUT2D eigenvalue weighted by Crippen LogP contribution is 2.23. The number of nitrogens with one attached hydrogen (secondary N) is 2. The zero-order chi connectivity index (χ0) is 20.8. The number of carbonyl (C=O) groups excluding carboxylic acids is 2. The lowest BCUT2D eigenvalue weighted by Gasteiger charge is -2.10. The zero-order valence-electron chi connectivity index (χ0n) is 16.0. The van der Waals surface area contributed by atoms with E-state index in [-0.39, 0.29) is 17.9 Å². The molecule has 1 aromatic heterocycles. The van der Waals surface area contributed by atoms with Crippen molar-refractivity contribution in [1.29, 1.82) is 0 Å². The Morgan fingerprint density at radius 1 is 1.14 bits per heavy atom. The smallest absolute Gasteiger partial charge is 0.273 e. The Bertz CT molecular complexity index is 1020. The monoisotopic (exact) mass is 413 g/mol. The van der Waals surface area contributed by atoms with Crippen LogP contribution >= 0.6 is 11.6 Å². The molecule has 0 aliphatic rings. The van der Waals surface area contributed by atoms with Crippen molar-refractivity contribution >= 4 is 23.4 Å². The maximum atomic E-state index is 12.2. The third-order valence-corrected chi connectivity index (χ3v) is 4.41. The third-order valence-electron chi connectivity index (χ3n) is 4.18. The second-order valence-electron chi connectivity index (χ2n) is 6.33. The highest BCUT2D eigenvalue weighted by atomic mass is 35.5. The number of rotatable bonds is 6. The fourth-order valence-corrected chi connectivity index (χ4v) is 2.77. The van der Waals surface area contributed by atoms with E-state index in [9.17, 15) is 9.59 Å². The number of aryl methyl sites for hydroxylation is 2. The van der Waals surface area contributed by atoms with Gasteiger partial charge >= 0.3 is 0 Å². The fraction of sp³-hybridized carbons (Fsp3) is 0.190. The van der Waals surface area contributed by atoms with Crippen molar-refractivity contribution in [2.45, 2.75) is 19.8 Å². The Hall–Kier alpha value is -3.32. The molecule has 0 saturated carbocycles. The first-order valence-electron chi connectivity index (χ1n) is 8.90. The third kappa shape index (κ3) is 5.36. The van der Waals surface area contributed by atoms with Gasteiger partial charge in [-0.05, 0) is 25.1 Å². The van der Waals surface area contributed by atoms with Crippen LogP contribution in [0.5, 0.6) is 5.75 Å². The minimum absolute atomic E-state index is 0.103. The first-order chi connectivity index (χ1) is 14.0. The van der Waals surface area contributed by atoms with Crippen LogP contribution in [0.3, 0.4) is 0 Å². The summed E-state index contributed by atoms with van der Waals surface area (Å²) in [6, 6.07) is 12.5. The van der Waals surface area contributed by atoms with E-state index in [0.717, 1.165) is 11.1 Å². The van der Waals surface area contributed by atoms with E-state index >= 15 is 0 Å². The summed E-state index contributed by atoms with van der Waals surface area (Å²) in [6.45, 7) is 2.01. The molecule has 7 nitrogen and oxygen atoms in total. The van der Waals surface area contributed by atoms with E-state index in [2.05, 4.69) is 15.8 Å². The molecule has 3 rings (SSSR count). The average molecular weight is 414 g/mol. The predicted molar refractivity (Wildman–Crippen MR) is 109 cm³/mol. The largest absolute Gasteiger partial charge is 0.496 e. The van der Waals surface area contributed by atoms with E-state index < -0.39 is 5.91 Å². The number of aromatic nitrogens is 1. The number of hydrogen-bond donors (Lipinski definition) is 2. The molecule has 0 atom stereocenters. The summed E-state index contributed by atoms with van der Waals surface area (Å²) in [4.78, 5) is 28.4. The van der Waals surface area contributed by atoms with Gasteiger partial charge in [0.15, 0.2) is 11.7 Å². The van der Waals surface area contributed by atoms with Gasteiger partial charge in [0.2, 0.25) is 5.91 Å². The summed E-state index contributed by atoms with van der Waals surface area (Å²) in [5.41, 5.74) is 7.05. The average Bonchev–Trinajstić information content (AvgIpc) is 3.20. The Morgan fingerprint density at radius 3 is 2.62 bits per heavy atom. The van der Waals surface area contributed by atoms with Crippen molar-refractivity contribution in [3.8, 4) is 17.1 Å². The van der Waals surface area contributed by atoms with E-state index in [1.54, 1.807) is 12.3 Å². The number of halogens is 1. The predicted octanol–water partition coefficient (Wildman–Crippen LogP) is 3.71. The van der Waals surface area contributed by atoms with Crippen LogP contribution in [0, 0.1) is 6.92 Å². The molecule has 150 valence electrons. The molecule has 2 N–H and O–H groups in total. The molecule has 0 fully saturated rings. The molecule has 0 bridgehead atoms. The van der Waals surface area contributed by atoms with Gasteiger partial charge in [-0.1, -0.05) is 41.4 Å². The van der Waals surface area contributed by atoms with Crippen LogP contribution in [0.2, 0.25) is 5.02 Å². The number of amides is 2. The lowest BCUT2D eigenvalue weighted by Crippen LogP contribution is -2.41. The number of carbonyl (C=O) groups is 2. The van der Waals surface area contributed by atoms with Gasteiger partial charge in [-0.2, -0.15) is 0 Å². The summed E-state index contributed by atoms with van der Waals surface area (Å²) < 4.78 is 10.8. The molecule has 8 heteroatoms. The minimum Gasteiger partial charge on any atom is -0.496 e. The summed E-state index contributed by atoms with van der Waals surface area (Å²) in [5.74, 6) is 0.517. The number of benzene rings is 2. The van der Waals surface area contributed by atoms with Crippen LogP contribution in [0.1, 0.15) is 28.2 Å². The van der Waals surface area contributed by atoms with Crippen molar-refractivity contribution in [2.75, 3.05) is 7.11 Å². The van der Waals surface area contributed by atoms with Crippen molar-refractivity contribution in [2.24, 2.45) is 0 Å². The lowest BCUT2D eigenvalue weighted by atomic mass is 10.1. The highest BCUT2D eigenvalue weighted by molar-refractivity contribution is 6.30. The molecular formula is C21H20ClN3O4. The minimum atomic E-state index is -0.510. The number of oxazole rings is 1. The van der Waals surface area contributed by atoms with Crippen LogP contribution < -0.4 is 15.6 Å². The highest BCUT2D eigenvalue weighted by Gasteiger charge is 2.14. The molecule has 2 aromatic carbocycles. The van der Waals surface area contributed by atoms with E-state index in [1.807, 2.05) is 31.2 Å². The van der Waals surface area contributed by atoms with Gasteiger partial charge in [0, 0.05) is 23.4 Å². The Morgan fingerprint density at radius 2 is 1.90 bits per heavy atom. The molecule has 29 heavy (non-hydrogen) atoms. The molecule has 0 saturated heterocycles.